The van der Waals surface area contributed by atoms with Crippen LogP contribution in [0.25, 0.3) is 54.1 Å². The molecule has 0 fully saturated rings. The highest BCUT2D eigenvalue weighted by Gasteiger charge is 2.23. The Morgan fingerprint density at radius 1 is 1.04 bits per heavy atom. The summed E-state index contributed by atoms with van der Waals surface area (Å²) in [5, 5.41) is 24.3. The smallest absolute Gasteiger partial charge is 0.307 e. The van der Waals surface area contributed by atoms with E-state index in [2.05, 4.69) is 10.1 Å². The molecule has 0 unspecified atom stereocenters. The molecule has 3 heterocycles. The number of aliphatic carboxylic acids is 1. The van der Waals surface area contributed by atoms with Crippen molar-refractivity contribution in [2.75, 3.05) is 0 Å². The maximum Gasteiger partial charge on any atom is 0.307 e. The van der Waals surface area contributed by atoms with E-state index in [-0.39, 0.29) is 17.5 Å². The highest BCUT2D eigenvalue weighted by molar-refractivity contribution is 7.22. The van der Waals surface area contributed by atoms with E-state index >= 15 is 0 Å². The minimum Gasteiger partial charge on any atom is -0.481 e. The Kier molecular flexibility index (Phi) is 9.02. The summed E-state index contributed by atoms with van der Waals surface area (Å²) < 4.78 is 30.9. The van der Waals surface area contributed by atoms with E-state index in [0.717, 1.165) is 32.3 Å². The van der Waals surface area contributed by atoms with Gasteiger partial charge in [0.2, 0.25) is 0 Å². The van der Waals surface area contributed by atoms with Gasteiger partial charge in [-0.1, -0.05) is 29.8 Å². The molecule has 232 valence electrons. The highest BCUT2D eigenvalue weighted by Crippen LogP contribution is 2.43. The molecule has 0 spiro atoms. The van der Waals surface area contributed by atoms with Crippen LogP contribution in [0.3, 0.4) is 0 Å². The monoisotopic (exact) mass is 648 g/mol. The van der Waals surface area contributed by atoms with E-state index in [1.54, 1.807) is 49.8 Å². The van der Waals surface area contributed by atoms with Gasteiger partial charge in [-0.25, -0.2) is 13.8 Å². The Hall–Kier alpha value is -4.25. The van der Waals surface area contributed by atoms with Crippen LogP contribution in [0, 0.1) is 6.92 Å². The fourth-order valence-corrected chi connectivity index (χ4v) is 6.26. The number of halogens is 3. The lowest BCUT2D eigenvalue weighted by Gasteiger charge is -2.13. The number of rotatable bonds is 6. The van der Waals surface area contributed by atoms with Crippen LogP contribution >= 0.6 is 22.9 Å². The van der Waals surface area contributed by atoms with Crippen molar-refractivity contribution in [3.05, 3.63) is 88.7 Å². The first-order valence-corrected chi connectivity index (χ1v) is 15.2. The Morgan fingerprint density at radius 2 is 1.71 bits per heavy atom. The van der Waals surface area contributed by atoms with Crippen LogP contribution in [0.5, 0.6) is 0 Å². The van der Waals surface area contributed by atoms with Crippen LogP contribution in [0.4, 0.5) is 8.78 Å². The molecule has 0 saturated carbocycles. The molecule has 6 rings (SSSR count). The number of aliphatic hydroxyl groups is 1. The number of alkyl halides is 2. The number of thiazole rings is 1. The second kappa shape index (κ2) is 12.6. The number of carboxylic acid groups (broad SMARTS) is 1. The SMILES string of the molecule is CC(C)(C)O.Cc1cc2nc(-c3cc(-c4ccc5c(cnn5C)c4)ncc3C(F)F)sc2c(-c2ccc(Cl)cc2)c1CC(=O)O. The number of aromatic nitrogens is 4. The Balaban J connectivity index is 0.000000743. The molecule has 0 aliphatic carbocycles. The number of benzene rings is 3. The van der Waals surface area contributed by atoms with Crippen LogP contribution < -0.4 is 0 Å². The van der Waals surface area contributed by atoms with E-state index < -0.39 is 18.0 Å². The zero-order valence-corrected chi connectivity index (χ0v) is 26.8. The minimum absolute atomic E-state index is 0.189. The highest BCUT2D eigenvalue weighted by atomic mass is 35.5. The van der Waals surface area contributed by atoms with Crippen molar-refractivity contribution in [1.82, 2.24) is 19.7 Å². The molecule has 0 amide bonds. The number of carboxylic acids is 1. The summed E-state index contributed by atoms with van der Waals surface area (Å²) in [7, 11) is 1.85. The number of pyridine rings is 1. The Morgan fingerprint density at radius 3 is 2.36 bits per heavy atom. The Labute approximate surface area is 267 Å². The van der Waals surface area contributed by atoms with Gasteiger partial charge in [0.1, 0.15) is 5.01 Å². The quantitative estimate of drug-likeness (QED) is 0.187. The lowest BCUT2D eigenvalue weighted by molar-refractivity contribution is -0.136. The zero-order chi connectivity index (χ0) is 32.6. The molecule has 0 bridgehead atoms. The van der Waals surface area contributed by atoms with Gasteiger partial charge in [0.15, 0.2) is 0 Å². The molecule has 6 aromatic rings. The average molecular weight is 649 g/mol. The zero-order valence-electron chi connectivity index (χ0n) is 25.3. The average Bonchev–Trinajstić information content (AvgIpc) is 3.55. The predicted molar refractivity (Wildman–Crippen MR) is 176 cm³/mol. The lowest BCUT2D eigenvalue weighted by Crippen LogP contribution is -2.10. The van der Waals surface area contributed by atoms with Crippen molar-refractivity contribution < 1.29 is 23.8 Å². The number of hydrogen-bond acceptors (Lipinski definition) is 6. The molecular formula is C34H31ClF2N4O3S. The van der Waals surface area contributed by atoms with Gasteiger partial charge in [-0.3, -0.25) is 14.5 Å². The van der Waals surface area contributed by atoms with Crippen LogP contribution in [0.2, 0.25) is 5.02 Å². The largest absolute Gasteiger partial charge is 0.481 e. The molecule has 0 atom stereocenters. The molecule has 0 aliphatic heterocycles. The van der Waals surface area contributed by atoms with Crippen LogP contribution in [-0.2, 0) is 18.3 Å². The molecule has 0 saturated heterocycles. The summed E-state index contributed by atoms with van der Waals surface area (Å²) in [6.45, 7) is 7.06. The van der Waals surface area contributed by atoms with Crippen molar-refractivity contribution in [1.29, 1.82) is 0 Å². The first-order chi connectivity index (χ1) is 21.2. The van der Waals surface area contributed by atoms with Gasteiger partial charge in [-0.2, -0.15) is 5.10 Å². The second-order valence-electron chi connectivity index (χ2n) is 11.7. The van der Waals surface area contributed by atoms with Gasteiger partial charge in [-0.05, 0) is 80.8 Å². The van der Waals surface area contributed by atoms with Gasteiger partial charge < -0.3 is 10.2 Å². The summed E-state index contributed by atoms with van der Waals surface area (Å²) in [6, 6.07) is 16.3. The van der Waals surface area contributed by atoms with Gasteiger partial charge in [0.25, 0.3) is 6.43 Å². The van der Waals surface area contributed by atoms with Crippen LogP contribution in [-0.4, -0.2) is 41.5 Å². The molecule has 0 aliphatic rings. The topological polar surface area (TPSA) is 101 Å². The molecule has 2 N–H and O–H groups in total. The molecule has 45 heavy (non-hydrogen) atoms. The van der Waals surface area contributed by atoms with E-state index in [4.69, 9.17) is 21.7 Å². The van der Waals surface area contributed by atoms with E-state index in [0.29, 0.717) is 32.4 Å². The van der Waals surface area contributed by atoms with E-state index in [1.165, 1.54) is 17.5 Å². The third-order valence-electron chi connectivity index (χ3n) is 6.91. The number of nitrogens with zero attached hydrogens (tertiary/aromatic N) is 4. The number of hydrogen-bond donors (Lipinski definition) is 2. The van der Waals surface area contributed by atoms with E-state index in [1.807, 2.05) is 50.4 Å². The molecule has 3 aromatic carbocycles. The maximum atomic E-state index is 14.2. The van der Waals surface area contributed by atoms with Gasteiger partial charge in [0, 0.05) is 45.9 Å². The first-order valence-electron chi connectivity index (χ1n) is 14.0. The molecule has 7 nitrogen and oxygen atoms in total. The molecule has 0 radical (unpaired) electrons. The predicted octanol–water partition coefficient (Wildman–Crippen LogP) is 8.88. The van der Waals surface area contributed by atoms with Crippen LogP contribution in [0.15, 0.2) is 67.0 Å². The fourth-order valence-electron chi connectivity index (χ4n) is 4.96. The van der Waals surface area contributed by atoms with E-state index in [9.17, 15) is 18.7 Å². The maximum absolute atomic E-state index is 14.2. The Bertz CT molecular complexity index is 2030. The standard InChI is InChI=1S/C30H21ClF2N4O2S.C4H10O/c1-15-9-24-28(27(20(15)12-26(38)39)16-3-6-19(31)7-4-16)40-30(36-24)21-11-23(34-14-22(21)29(32)33)17-5-8-25-18(10-17)13-35-37(25)2;1-4(2,3)5/h3-11,13-14,29H,12H2,1-2H3,(H,38,39);5H,1-3H3. The lowest BCUT2D eigenvalue weighted by atomic mass is 9.93. The summed E-state index contributed by atoms with van der Waals surface area (Å²) >= 11 is 7.37. The summed E-state index contributed by atoms with van der Waals surface area (Å²) in [6.07, 6.45) is 0.00178. The van der Waals surface area contributed by atoms with Gasteiger partial charge in [-0.15, -0.1) is 11.3 Å². The second-order valence-corrected chi connectivity index (χ2v) is 13.1. The number of fused-ring (bicyclic) bond motifs is 2. The normalized spacial score (nSPS) is 11.7. The third-order valence-corrected chi connectivity index (χ3v) is 8.29. The van der Waals surface area contributed by atoms with Crippen molar-refractivity contribution in [3.8, 4) is 33.0 Å². The van der Waals surface area contributed by atoms with Crippen molar-refractivity contribution >= 4 is 50.0 Å². The number of aryl methyl sites for hydroxylation is 2. The summed E-state index contributed by atoms with van der Waals surface area (Å²) in [5.41, 5.74) is 5.31. The van der Waals surface area contributed by atoms with Gasteiger partial charge >= 0.3 is 5.97 Å². The minimum atomic E-state index is -2.76. The molecule has 11 heteroatoms. The molecule has 3 aromatic heterocycles. The van der Waals surface area contributed by atoms with Crippen LogP contribution in [0.1, 0.15) is 43.9 Å². The number of carbonyl (C=O) groups is 1. The molecular weight excluding hydrogens is 618 g/mol. The third kappa shape index (κ3) is 7.19. The fraction of sp³-hybridized carbons (Fsp3) is 0.235. The van der Waals surface area contributed by atoms with Crippen molar-refractivity contribution in [3.63, 3.8) is 0 Å². The van der Waals surface area contributed by atoms with Crippen molar-refractivity contribution in [2.24, 2.45) is 7.05 Å². The first kappa shape index (κ1) is 32.2. The summed E-state index contributed by atoms with van der Waals surface area (Å²) in [5.74, 6) is -0.966. The summed E-state index contributed by atoms with van der Waals surface area (Å²) in [4.78, 5) is 20.9. The van der Waals surface area contributed by atoms with Gasteiger partial charge in [0.05, 0.1) is 39.6 Å². The van der Waals surface area contributed by atoms with Crippen molar-refractivity contribution in [2.45, 2.75) is 46.1 Å².